The van der Waals surface area contributed by atoms with Gasteiger partial charge in [-0.2, -0.15) is 0 Å². The van der Waals surface area contributed by atoms with E-state index in [1.165, 1.54) is 12.1 Å². The zero-order valence-corrected chi connectivity index (χ0v) is 24.4. The number of nitro benzene ring substituents is 1. The molecule has 42 heavy (non-hydrogen) atoms. The Bertz CT molecular complexity index is 1720. The number of hydrogen-bond acceptors (Lipinski definition) is 9. The van der Waals surface area contributed by atoms with Crippen LogP contribution >= 0.6 is 0 Å². The third kappa shape index (κ3) is 6.46. The first-order chi connectivity index (χ1) is 19.9. The van der Waals surface area contributed by atoms with E-state index in [9.17, 15) is 28.1 Å². The van der Waals surface area contributed by atoms with Gasteiger partial charge in [0.2, 0.25) is 0 Å². The van der Waals surface area contributed by atoms with Gasteiger partial charge in [0.15, 0.2) is 0 Å². The maximum absolute atomic E-state index is 14.1. The minimum absolute atomic E-state index is 0.00756. The maximum atomic E-state index is 14.1. The van der Waals surface area contributed by atoms with Crippen LogP contribution in [0.15, 0.2) is 65.7 Å². The van der Waals surface area contributed by atoms with Gasteiger partial charge in [0, 0.05) is 30.3 Å². The number of imidazole rings is 1. The first kappa shape index (κ1) is 30.3. The summed E-state index contributed by atoms with van der Waals surface area (Å²) in [4.78, 5) is 49.2. The monoisotopic (exact) mass is 593 g/mol. The van der Waals surface area contributed by atoms with Crippen molar-refractivity contribution in [1.29, 1.82) is 0 Å². The lowest BCUT2D eigenvalue weighted by Crippen LogP contribution is -2.49. The van der Waals surface area contributed by atoms with Gasteiger partial charge < -0.3 is 9.72 Å². The Hall–Kier alpha value is -4.65. The SMILES string of the molecule is CCOC(=O)[C@H](CC(C)C)N(C(=O)c1ccc([N+](=O)[O-])cc1)S(=O)(=O)c1ccc(Cc2nccc3[nH]c(C)nc23)cc1. The average molecular weight is 594 g/mol. The van der Waals surface area contributed by atoms with Crippen LogP contribution in [0.1, 0.15) is 54.6 Å². The Morgan fingerprint density at radius 1 is 1.07 bits per heavy atom. The van der Waals surface area contributed by atoms with Crippen molar-refractivity contribution in [2.75, 3.05) is 6.61 Å². The molecule has 2 heterocycles. The fraction of sp³-hybridized carbons (Fsp3) is 0.310. The molecule has 220 valence electrons. The Balaban J connectivity index is 1.73. The molecule has 0 aliphatic rings. The number of benzene rings is 2. The summed E-state index contributed by atoms with van der Waals surface area (Å²) in [5.41, 5.74) is 2.63. The van der Waals surface area contributed by atoms with E-state index in [2.05, 4.69) is 15.0 Å². The van der Waals surface area contributed by atoms with Gasteiger partial charge in [-0.1, -0.05) is 26.0 Å². The molecule has 0 unspecified atom stereocenters. The number of hydrogen-bond donors (Lipinski definition) is 1. The number of H-pyrrole nitrogens is 1. The van der Waals surface area contributed by atoms with Crippen LogP contribution in [0.4, 0.5) is 5.69 Å². The lowest BCUT2D eigenvalue weighted by atomic mass is 10.0. The van der Waals surface area contributed by atoms with Crippen molar-refractivity contribution in [3.63, 3.8) is 0 Å². The molecule has 4 rings (SSSR count). The number of amides is 1. The molecule has 0 aliphatic carbocycles. The molecular formula is C29H31N5O7S. The highest BCUT2D eigenvalue weighted by molar-refractivity contribution is 7.89. The van der Waals surface area contributed by atoms with Crippen LogP contribution < -0.4 is 0 Å². The first-order valence-electron chi connectivity index (χ1n) is 13.3. The van der Waals surface area contributed by atoms with Crippen LogP contribution in [0.25, 0.3) is 11.0 Å². The molecule has 2 aromatic carbocycles. The van der Waals surface area contributed by atoms with Crippen molar-refractivity contribution < 1.29 is 27.7 Å². The number of non-ortho nitro benzene ring substituents is 1. The Morgan fingerprint density at radius 2 is 1.74 bits per heavy atom. The van der Waals surface area contributed by atoms with Gasteiger partial charge in [-0.3, -0.25) is 19.9 Å². The second kappa shape index (κ2) is 12.5. The number of nitrogens with zero attached hydrogens (tertiary/aromatic N) is 4. The van der Waals surface area contributed by atoms with E-state index in [0.29, 0.717) is 16.4 Å². The smallest absolute Gasteiger partial charge is 0.330 e. The molecule has 0 radical (unpaired) electrons. The van der Waals surface area contributed by atoms with Gasteiger partial charge in [0.25, 0.3) is 21.6 Å². The van der Waals surface area contributed by atoms with Gasteiger partial charge in [-0.25, -0.2) is 22.5 Å². The molecule has 0 spiro atoms. The quantitative estimate of drug-likeness (QED) is 0.149. The molecule has 12 nitrogen and oxygen atoms in total. The number of ether oxygens (including phenoxy) is 1. The van der Waals surface area contributed by atoms with E-state index < -0.39 is 32.9 Å². The highest BCUT2D eigenvalue weighted by atomic mass is 32.2. The lowest BCUT2D eigenvalue weighted by molar-refractivity contribution is -0.384. The van der Waals surface area contributed by atoms with Crippen LogP contribution in [0.5, 0.6) is 0 Å². The van der Waals surface area contributed by atoms with Crippen LogP contribution in [0, 0.1) is 23.0 Å². The maximum Gasteiger partial charge on any atom is 0.330 e. The topological polar surface area (TPSA) is 165 Å². The van der Waals surface area contributed by atoms with E-state index in [0.717, 1.165) is 46.7 Å². The molecule has 13 heteroatoms. The molecule has 1 amide bonds. The molecule has 0 aliphatic heterocycles. The number of carbonyl (C=O) groups excluding carboxylic acids is 2. The highest BCUT2D eigenvalue weighted by Gasteiger charge is 2.41. The van der Waals surface area contributed by atoms with Gasteiger partial charge in [0.1, 0.15) is 17.4 Å². The summed E-state index contributed by atoms with van der Waals surface area (Å²) in [6.45, 7) is 6.99. The predicted molar refractivity (Wildman–Crippen MR) is 154 cm³/mol. The molecule has 0 fully saturated rings. The van der Waals surface area contributed by atoms with Crippen molar-refractivity contribution in [1.82, 2.24) is 19.3 Å². The van der Waals surface area contributed by atoms with Crippen molar-refractivity contribution >= 4 is 38.6 Å². The summed E-state index contributed by atoms with van der Waals surface area (Å²) < 4.78 is 33.8. The number of nitro groups is 1. The standard InChI is InChI=1S/C29H31N5O7S/c1-5-41-29(36)26(16-18(2)3)33(28(35)21-8-10-22(11-9-21)34(37)38)42(39,40)23-12-6-20(7-13-23)17-25-27-24(14-15-30-25)31-19(4)32-27/h6-15,18,26H,5,16-17H2,1-4H3,(H,31,32)/t26-/m0/s1. The van der Waals surface area contributed by atoms with Crippen molar-refractivity contribution in [3.8, 4) is 0 Å². The number of aromatic nitrogens is 3. The fourth-order valence-corrected chi connectivity index (χ4v) is 6.11. The number of pyridine rings is 1. The largest absolute Gasteiger partial charge is 0.464 e. The number of rotatable bonds is 11. The summed E-state index contributed by atoms with van der Waals surface area (Å²) in [5, 5.41) is 11.1. The predicted octanol–water partition coefficient (Wildman–Crippen LogP) is 4.57. The number of esters is 1. The molecule has 1 atom stereocenters. The molecule has 1 N–H and O–H groups in total. The molecular weight excluding hydrogens is 562 g/mol. The average Bonchev–Trinajstić information content (AvgIpc) is 3.34. The zero-order valence-electron chi connectivity index (χ0n) is 23.6. The van der Waals surface area contributed by atoms with Crippen LogP contribution in [-0.4, -0.2) is 57.1 Å². The summed E-state index contributed by atoms with van der Waals surface area (Å²) in [6, 6.07) is 10.9. The summed E-state index contributed by atoms with van der Waals surface area (Å²) in [7, 11) is -4.59. The number of sulfonamides is 1. The van der Waals surface area contributed by atoms with Crippen LogP contribution in [0.3, 0.4) is 0 Å². The van der Waals surface area contributed by atoms with Crippen molar-refractivity contribution in [2.24, 2.45) is 5.92 Å². The van der Waals surface area contributed by atoms with Gasteiger partial charge in [-0.15, -0.1) is 0 Å². The molecule has 0 bridgehead atoms. The molecule has 2 aromatic heterocycles. The number of fused-ring (bicyclic) bond motifs is 1. The van der Waals surface area contributed by atoms with E-state index >= 15 is 0 Å². The van der Waals surface area contributed by atoms with E-state index in [-0.39, 0.29) is 35.1 Å². The highest BCUT2D eigenvalue weighted by Crippen LogP contribution is 2.27. The van der Waals surface area contributed by atoms with Crippen molar-refractivity contribution in [2.45, 2.75) is 51.5 Å². The van der Waals surface area contributed by atoms with E-state index in [1.54, 1.807) is 39.1 Å². The van der Waals surface area contributed by atoms with Crippen molar-refractivity contribution in [3.05, 3.63) is 93.6 Å². The summed E-state index contributed by atoms with van der Waals surface area (Å²) in [6.07, 6.45) is 2.06. The summed E-state index contributed by atoms with van der Waals surface area (Å²) in [5.74, 6) is -1.30. The zero-order chi connectivity index (χ0) is 30.6. The number of aromatic amines is 1. The third-order valence-electron chi connectivity index (χ3n) is 6.51. The second-order valence-electron chi connectivity index (χ2n) is 10.1. The van der Waals surface area contributed by atoms with Crippen LogP contribution in [0.2, 0.25) is 0 Å². The second-order valence-corrected chi connectivity index (χ2v) is 11.9. The minimum atomic E-state index is -4.59. The Morgan fingerprint density at radius 3 is 2.33 bits per heavy atom. The Labute approximate surface area is 243 Å². The molecule has 0 saturated heterocycles. The fourth-order valence-electron chi connectivity index (χ4n) is 4.57. The Kier molecular flexibility index (Phi) is 9.00. The third-order valence-corrected chi connectivity index (χ3v) is 8.31. The van der Waals surface area contributed by atoms with Crippen LogP contribution in [-0.2, 0) is 26.0 Å². The summed E-state index contributed by atoms with van der Waals surface area (Å²) >= 11 is 0. The lowest BCUT2D eigenvalue weighted by Gasteiger charge is -2.30. The first-order valence-corrected chi connectivity index (χ1v) is 14.7. The van der Waals surface area contributed by atoms with Gasteiger partial charge in [-0.05, 0) is 62.1 Å². The minimum Gasteiger partial charge on any atom is -0.464 e. The number of carbonyl (C=O) groups is 2. The van der Waals surface area contributed by atoms with Gasteiger partial charge >= 0.3 is 5.97 Å². The normalized spacial score (nSPS) is 12.3. The van der Waals surface area contributed by atoms with E-state index in [4.69, 9.17) is 4.74 Å². The van der Waals surface area contributed by atoms with E-state index in [1.807, 2.05) is 13.0 Å². The molecule has 0 saturated carbocycles. The number of nitrogens with one attached hydrogen (secondary N) is 1. The van der Waals surface area contributed by atoms with Gasteiger partial charge in [0.05, 0.1) is 27.6 Å². The number of aryl methyl sites for hydroxylation is 1. The molecule has 4 aromatic rings.